The molecule has 0 bridgehead atoms. The first kappa shape index (κ1) is 14.1. The number of hydrogen-bond acceptors (Lipinski definition) is 4. The highest BCUT2D eigenvalue weighted by atomic mass is 16.5. The van der Waals surface area contributed by atoms with Crippen LogP contribution in [0.1, 0.15) is 47.9 Å². The molecule has 2 heterocycles. The lowest BCUT2D eigenvalue weighted by molar-refractivity contribution is 0.262. The van der Waals surface area contributed by atoms with E-state index in [9.17, 15) is 0 Å². The third kappa shape index (κ3) is 2.81. The summed E-state index contributed by atoms with van der Waals surface area (Å²) in [5.74, 6) is 2.43. The highest BCUT2D eigenvalue weighted by Gasteiger charge is 2.23. The first-order chi connectivity index (χ1) is 10.2. The van der Waals surface area contributed by atoms with Crippen LogP contribution in [-0.4, -0.2) is 18.3 Å². The summed E-state index contributed by atoms with van der Waals surface area (Å²) in [5, 5.41) is 7.65. The molecule has 1 aromatic heterocycles. The number of rotatable bonds is 4. The van der Waals surface area contributed by atoms with Gasteiger partial charge in [0.2, 0.25) is 0 Å². The first-order valence-electron chi connectivity index (χ1n) is 7.54. The zero-order valence-corrected chi connectivity index (χ0v) is 12.8. The molecule has 0 aliphatic carbocycles. The van der Waals surface area contributed by atoms with Crippen molar-refractivity contribution in [3.8, 4) is 5.75 Å². The van der Waals surface area contributed by atoms with E-state index >= 15 is 0 Å². The van der Waals surface area contributed by atoms with Crippen molar-refractivity contribution in [2.45, 2.75) is 39.2 Å². The lowest BCUT2D eigenvalue weighted by atomic mass is 9.92. The van der Waals surface area contributed by atoms with Gasteiger partial charge in [0.25, 0.3) is 0 Å². The summed E-state index contributed by atoms with van der Waals surface area (Å²) in [6.07, 6.45) is 1.05. The number of benzene rings is 1. The van der Waals surface area contributed by atoms with Gasteiger partial charge in [-0.2, -0.15) is 0 Å². The van der Waals surface area contributed by atoms with Crippen LogP contribution >= 0.6 is 0 Å². The van der Waals surface area contributed by atoms with Gasteiger partial charge in [-0.05, 0) is 38.8 Å². The fourth-order valence-corrected chi connectivity index (χ4v) is 3.16. The fraction of sp³-hybridized carbons (Fsp3) is 0.471. The van der Waals surface area contributed by atoms with Gasteiger partial charge in [-0.15, -0.1) is 0 Å². The largest absolute Gasteiger partial charge is 0.493 e. The maximum Gasteiger partial charge on any atom is 0.138 e. The van der Waals surface area contributed by atoms with Crippen molar-refractivity contribution in [3.63, 3.8) is 0 Å². The van der Waals surface area contributed by atoms with Crippen LogP contribution in [0.4, 0.5) is 0 Å². The summed E-state index contributed by atoms with van der Waals surface area (Å²) in [6.45, 7) is 7.86. The van der Waals surface area contributed by atoms with Gasteiger partial charge in [-0.1, -0.05) is 23.4 Å². The van der Waals surface area contributed by atoms with Crippen LogP contribution in [0.5, 0.6) is 5.75 Å². The number of fused-ring (bicyclic) bond motifs is 1. The van der Waals surface area contributed by atoms with E-state index in [1.165, 1.54) is 11.1 Å². The second kappa shape index (κ2) is 5.90. The van der Waals surface area contributed by atoms with Crippen LogP contribution in [0.2, 0.25) is 0 Å². The van der Waals surface area contributed by atoms with Crippen LogP contribution in [0.15, 0.2) is 28.8 Å². The lowest BCUT2D eigenvalue weighted by Crippen LogP contribution is -2.28. The van der Waals surface area contributed by atoms with E-state index in [4.69, 9.17) is 9.26 Å². The Hall–Kier alpha value is -1.81. The summed E-state index contributed by atoms with van der Waals surface area (Å²) in [6, 6.07) is 8.58. The summed E-state index contributed by atoms with van der Waals surface area (Å²) < 4.78 is 11.0. The highest BCUT2D eigenvalue weighted by molar-refractivity contribution is 5.38. The van der Waals surface area contributed by atoms with Gasteiger partial charge in [0.15, 0.2) is 0 Å². The average Bonchev–Trinajstić information content (AvgIpc) is 2.84. The van der Waals surface area contributed by atoms with Crippen molar-refractivity contribution in [2.24, 2.45) is 0 Å². The standard InChI is InChI=1S/C17H22N2O2/c1-11(17-12(2)19-21-13(17)3)18-10-14-8-9-20-16-7-5-4-6-15(14)16/h4-7,11,14,18H,8-10H2,1-3H3. The van der Waals surface area contributed by atoms with E-state index in [-0.39, 0.29) is 6.04 Å². The topological polar surface area (TPSA) is 47.3 Å². The Morgan fingerprint density at radius 2 is 2.14 bits per heavy atom. The quantitative estimate of drug-likeness (QED) is 0.934. The average molecular weight is 286 g/mol. The number of nitrogens with zero attached hydrogens (tertiary/aromatic N) is 1. The van der Waals surface area contributed by atoms with E-state index in [1.54, 1.807) is 0 Å². The summed E-state index contributed by atoms with van der Waals surface area (Å²) in [4.78, 5) is 0. The minimum Gasteiger partial charge on any atom is -0.493 e. The van der Waals surface area contributed by atoms with Gasteiger partial charge < -0.3 is 14.6 Å². The minimum absolute atomic E-state index is 0.242. The smallest absolute Gasteiger partial charge is 0.138 e. The molecule has 2 unspecified atom stereocenters. The number of ether oxygens (including phenoxy) is 1. The van der Waals surface area contributed by atoms with Crippen LogP contribution in [-0.2, 0) is 0 Å². The zero-order chi connectivity index (χ0) is 14.8. The summed E-state index contributed by atoms with van der Waals surface area (Å²) in [5.41, 5.74) is 3.46. The normalized spacial score (nSPS) is 18.9. The van der Waals surface area contributed by atoms with Gasteiger partial charge in [-0.25, -0.2) is 0 Å². The molecule has 21 heavy (non-hydrogen) atoms. The second-order valence-corrected chi connectivity index (χ2v) is 5.74. The van der Waals surface area contributed by atoms with Crippen molar-refractivity contribution in [1.82, 2.24) is 10.5 Å². The van der Waals surface area contributed by atoms with Gasteiger partial charge in [0.1, 0.15) is 11.5 Å². The lowest BCUT2D eigenvalue weighted by Gasteiger charge is -2.27. The molecule has 0 spiro atoms. The van der Waals surface area contributed by atoms with Crippen LogP contribution in [0, 0.1) is 13.8 Å². The van der Waals surface area contributed by atoms with Crippen molar-refractivity contribution in [3.05, 3.63) is 46.8 Å². The van der Waals surface area contributed by atoms with Crippen LogP contribution < -0.4 is 10.1 Å². The van der Waals surface area contributed by atoms with E-state index in [0.29, 0.717) is 5.92 Å². The monoisotopic (exact) mass is 286 g/mol. The highest BCUT2D eigenvalue weighted by Crippen LogP contribution is 2.33. The van der Waals surface area contributed by atoms with Gasteiger partial charge in [0.05, 0.1) is 12.3 Å². The molecule has 0 radical (unpaired) electrons. The molecule has 2 atom stereocenters. The van der Waals surface area contributed by atoms with Crippen molar-refractivity contribution in [2.75, 3.05) is 13.2 Å². The number of hydrogen-bond donors (Lipinski definition) is 1. The maximum atomic E-state index is 5.72. The third-order valence-corrected chi connectivity index (χ3v) is 4.27. The first-order valence-corrected chi connectivity index (χ1v) is 7.54. The predicted molar refractivity (Wildman–Crippen MR) is 81.7 cm³/mol. The SMILES string of the molecule is Cc1noc(C)c1C(C)NCC1CCOc2ccccc21. The molecular formula is C17H22N2O2. The van der Waals surface area contributed by atoms with E-state index in [0.717, 1.165) is 36.8 Å². The molecule has 0 saturated heterocycles. The van der Waals surface area contributed by atoms with Crippen molar-refractivity contribution < 1.29 is 9.26 Å². The van der Waals surface area contributed by atoms with Crippen molar-refractivity contribution in [1.29, 1.82) is 0 Å². The maximum absolute atomic E-state index is 5.72. The van der Waals surface area contributed by atoms with Gasteiger partial charge >= 0.3 is 0 Å². The molecule has 2 aromatic rings. The molecular weight excluding hydrogens is 264 g/mol. The minimum atomic E-state index is 0.242. The Bertz CT molecular complexity index is 602. The van der Waals surface area contributed by atoms with Crippen LogP contribution in [0.25, 0.3) is 0 Å². The van der Waals surface area contributed by atoms with E-state index in [2.05, 4.69) is 35.6 Å². The summed E-state index contributed by atoms with van der Waals surface area (Å²) >= 11 is 0. The Balaban J connectivity index is 1.69. The Morgan fingerprint density at radius 3 is 2.90 bits per heavy atom. The number of nitrogens with one attached hydrogen (secondary N) is 1. The molecule has 0 fully saturated rings. The van der Waals surface area contributed by atoms with E-state index < -0.39 is 0 Å². The van der Waals surface area contributed by atoms with Gasteiger partial charge in [-0.3, -0.25) is 0 Å². The Labute approximate surface area is 125 Å². The van der Waals surface area contributed by atoms with Crippen molar-refractivity contribution >= 4 is 0 Å². The molecule has 4 nitrogen and oxygen atoms in total. The molecule has 1 aromatic carbocycles. The second-order valence-electron chi connectivity index (χ2n) is 5.74. The fourth-order valence-electron chi connectivity index (χ4n) is 3.16. The molecule has 4 heteroatoms. The molecule has 1 N–H and O–H groups in total. The Kier molecular flexibility index (Phi) is 3.97. The third-order valence-electron chi connectivity index (χ3n) is 4.27. The Morgan fingerprint density at radius 1 is 1.33 bits per heavy atom. The molecule has 3 rings (SSSR count). The predicted octanol–water partition coefficient (Wildman–Crippen LogP) is 3.51. The van der Waals surface area contributed by atoms with E-state index in [1.807, 2.05) is 19.9 Å². The molecule has 0 amide bonds. The van der Waals surface area contributed by atoms with Crippen LogP contribution in [0.3, 0.4) is 0 Å². The molecule has 1 aliphatic heterocycles. The summed E-state index contributed by atoms with van der Waals surface area (Å²) in [7, 11) is 0. The number of aryl methyl sites for hydroxylation is 2. The zero-order valence-electron chi connectivity index (χ0n) is 12.8. The molecule has 0 saturated carbocycles. The molecule has 1 aliphatic rings. The van der Waals surface area contributed by atoms with Gasteiger partial charge in [0, 0.05) is 24.1 Å². The number of para-hydroxylation sites is 1. The number of aromatic nitrogens is 1. The molecule has 112 valence electrons.